The summed E-state index contributed by atoms with van der Waals surface area (Å²) in [4.78, 5) is 13.6. The van der Waals surface area contributed by atoms with E-state index in [1.165, 1.54) is 30.1 Å². The number of hydrogen-bond donors (Lipinski definition) is 1. The molecule has 1 amide bonds. The van der Waals surface area contributed by atoms with Crippen LogP contribution in [0.1, 0.15) is 15.9 Å². The zero-order valence-corrected chi connectivity index (χ0v) is 10.7. The van der Waals surface area contributed by atoms with E-state index in [-0.39, 0.29) is 17.3 Å². The lowest BCUT2D eigenvalue weighted by Crippen LogP contribution is -2.27. The van der Waals surface area contributed by atoms with Crippen molar-refractivity contribution in [3.63, 3.8) is 0 Å². The van der Waals surface area contributed by atoms with Crippen LogP contribution in [-0.2, 0) is 0 Å². The molecule has 2 aromatic carbocycles. The molecule has 4 heteroatoms. The fraction of sp³-hybridized carbons (Fsp3) is 0.133. The van der Waals surface area contributed by atoms with Crippen molar-refractivity contribution < 1.29 is 14.3 Å². The molecule has 1 N–H and O–H groups in total. The summed E-state index contributed by atoms with van der Waals surface area (Å²) in [6.07, 6.45) is 0. The highest BCUT2D eigenvalue weighted by molar-refractivity contribution is 6.07. The molecule has 0 aliphatic carbocycles. The highest BCUT2D eigenvalue weighted by Gasteiger charge is 2.18. The predicted octanol–water partition coefficient (Wildman–Crippen LogP) is 3.12. The molecule has 0 aromatic heterocycles. The van der Waals surface area contributed by atoms with E-state index in [2.05, 4.69) is 0 Å². The van der Waals surface area contributed by atoms with Crippen LogP contribution >= 0.6 is 0 Å². The summed E-state index contributed by atoms with van der Waals surface area (Å²) in [5.41, 5.74) is 1.04. The molecule has 0 saturated carbocycles. The molecule has 0 heterocycles. The zero-order chi connectivity index (χ0) is 14.0. The first-order chi connectivity index (χ1) is 9.02. The van der Waals surface area contributed by atoms with E-state index >= 15 is 0 Å². The number of halogens is 1. The number of amides is 1. The fourth-order valence-electron chi connectivity index (χ4n) is 1.87. The number of hydrogen-bond acceptors (Lipinski definition) is 2. The van der Waals surface area contributed by atoms with Crippen LogP contribution in [0.5, 0.6) is 5.75 Å². The Morgan fingerprint density at radius 3 is 2.53 bits per heavy atom. The van der Waals surface area contributed by atoms with Gasteiger partial charge in [-0.15, -0.1) is 0 Å². The van der Waals surface area contributed by atoms with Gasteiger partial charge < -0.3 is 10.0 Å². The molecule has 0 spiro atoms. The van der Waals surface area contributed by atoms with Crippen LogP contribution in [0.2, 0.25) is 0 Å². The molecule has 3 nitrogen and oxygen atoms in total. The first-order valence-electron chi connectivity index (χ1n) is 5.83. The molecule has 0 aliphatic heterocycles. The maximum Gasteiger partial charge on any atom is 0.258 e. The van der Waals surface area contributed by atoms with E-state index in [4.69, 9.17) is 0 Å². The molecule has 0 atom stereocenters. The second-order valence-corrected chi connectivity index (χ2v) is 4.27. The minimum absolute atomic E-state index is 0.0489. The molecule has 0 aliphatic rings. The molecule has 0 fully saturated rings. The Bertz CT molecular complexity index is 625. The van der Waals surface area contributed by atoms with Crippen molar-refractivity contribution in [2.24, 2.45) is 0 Å². The van der Waals surface area contributed by atoms with Gasteiger partial charge in [-0.05, 0) is 31.2 Å². The van der Waals surface area contributed by atoms with Crippen molar-refractivity contribution in [2.75, 3.05) is 11.9 Å². The van der Waals surface area contributed by atoms with Gasteiger partial charge in [-0.3, -0.25) is 4.79 Å². The van der Waals surface area contributed by atoms with E-state index in [1.807, 2.05) is 0 Å². The van der Waals surface area contributed by atoms with Crippen molar-refractivity contribution in [1.82, 2.24) is 0 Å². The molecule has 0 radical (unpaired) electrons. The van der Waals surface area contributed by atoms with Crippen molar-refractivity contribution >= 4 is 11.6 Å². The molecule has 0 saturated heterocycles. The predicted molar refractivity (Wildman–Crippen MR) is 72.0 cm³/mol. The van der Waals surface area contributed by atoms with Crippen molar-refractivity contribution in [1.29, 1.82) is 0 Å². The van der Waals surface area contributed by atoms with Gasteiger partial charge in [-0.2, -0.15) is 0 Å². The Morgan fingerprint density at radius 2 is 1.84 bits per heavy atom. The van der Waals surface area contributed by atoms with Crippen molar-refractivity contribution in [2.45, 2.75) is 6.92 Å². The molecule has 98 valence electrons. The van der Waals surface area contributed by atoms with Crippen LogP contribution in [0.4, 0.5) is 10.1 Å². The van der Waals surface area contributed by atoms with Crippen LogP contribution in [0.15, 0.2) is 42.5 Å². The molecular formula is C15H14FNO2. The SMILES string of the molecule is Cc1c(O)cccc1C(=O)N(C)c1ccccc1F. The summed E-state index contributed by atoms with van der Waals surface area (Å²) < 4.78 is 13.7. The fourth-order valence-corrected chi connectivity index (χ4v) is 1.87. The highest BCUT2D eigenvalue weighted by atomic mass is 19.1. The van der Waals surface area contributed by atoms with Gasteiger partial charge in [0.1, 0.15) is 11.6 Å². The Labute approximate surface area is 110 Å². The third-order valence-corrected chi connectivity index (χ3v) is 3.05. The standard InChI is InChI=1S/C15H14FNO2/c1-10-11(6-5-9-14(10)18)15(19)17(2)13-8-4-3-7-12(13)16/h3-9,18H,1-2H3. The summed E-state index contributed by atoms with van der Waals surface area (Å²) in [6, 6.07) is 10.8. The molecule has 19 heavy (non-hydrogen) atoms. The Morgan fingerprint density at radius 1 is 1.16 bits per heavy atom. The number of para-hydroxylation sites is 1. The molecule has 2 aromatic rings. The number of carbonyl (C=O) groups is 1. The molecule has 0 unspecified atom stereocenters. The van der Waals surface area contributed by atoms with Crippen LogP contribution < -0.4 is 4.90 Å². The number of phenolic OH excluding ortho intramolecular Hbond substituents is 1. The smallest absolute Gasteiger partial charge is 0.258 e. The maximum absolute atomic E-state index is 13.7. The van der Waals surface area contributed by atoms with Gasteiger partial charge in [0.05, 0.1) is 5.69 Å². The lowest BCUT2D eigenvalue weighted by atomic mass is 10.1. The van der Waals surface area contributed by atoms with Gasteiger partial charge >= 0.3 is 0 Å². The van der Waals surface area contributed by atoms with Gasteiger partial charge in [0.15, 0.2) is 0 Å². The first-order valence-corrected chi connectivity index (χ1v) is 5.83. The summed E-state index contributed by atoms with van der Waals surface area (Å²) >= 11 is 0. The number of aromatic hydroxyl groups is 1. The number of anilines is 1. The van der Waals surface area contributed by atoms with Crippen LogP contribution in [0.3, 0.4) is 0 Å². The quantitative estimate of drug-likeness (QED) is 0.900. The molecule has 0 bridgehead atoms. The average Bonchev–Trinajstić information content (AvgIpc) is 2.41. The van der Waals surface area contributed by atoms with E-state index in [0.29, 0.717) is 11.1 Å². The van der Waals surface area contributed by atoms with Gasteiger partial charge in [-0.1, -0.05) is 18.2 Å². The van der Waals surface area contributed by atoms with Crippen LogP contribution in [0, 0.1) is 12.7 Å². The Hall–Kier alpha value is -2.36. The summed E-state index contributed by atoms with van der Waals surface area (Å²) in [5, 5.41) is 9.61. The number of rotatable bonds is 2. The van der Waals surface area contributed by atoms with Crippen molar-refractivity contribution in [3.8, 4) is 5.75 Å². The topological polar surface area (TPSA) is 40.5 Å². The molecular weight excluding hydrogens is 245 g/mol. The first kappa shape index (κ1) is 13.1. The maximum atomic E-state index is 13.7. The minimum atomic E-state index is -0.462. The van der Waals surface area contributed by atoms with E-state index < -0.39 is 5.82 Å². The minimum Gasteiger partial charge on any atom is -0.508 e. The third kappa shape index (κ3) is 2.42. The van der Waals surface area contributed by atoms with E-state index in [9.17, 15) is 14.3 Å². The monoisotopic (exact) mass is 259 g/mol. The number of benzene rings is 2. The number of carbonyl (C=O) groups excluding carboxylic acids is 1. The van der Waals surface area contributed by atoms with Gasteiger partial charge in [0.2, 0.25) is 0 Å². The van der Waals surface area contributed by atoms with Gasteiger partial charge in [0.25, 0.3) is 5.91 Å². The highest BCUT2D eigenvalue weighted by Crippen LogP contribution is 2.24. The Kier molecular flexibility index (Phi) is 3.51. The second kappa shape index (κ2) is 5.10. The summed E-state index contributed by atoms with van der Waals surface area (Å²) in [6.45, 7) is 1.65. The summed E-state index contributed by atoms with van der Waals surface area (Å²) in [5.74, 6) is -0.776. The third-order valence-electron chi connectivity index (χ3n) is 3.05. The number of nitrogens with zero attached hydrogens (tertiary/aromatic N) is 1. The second-order valence-electron chi connectivity index (χ2n) is 4.27. The van der Waals surface area contributed by atoms with Crippen LogP contribution in [-0.4, -0.2) is 18.1 Å². The lowest BCUT2D eigenvalue weighted by Gasteiger charge is -2.19. The largest absolute Gasteiger partial charge is 0.508 e. The van der Waals surface area contributed by atoms with E-state index in [0.717, 1.165) is 0 Å². The van der Waals surface area contributed by atoms with Gasteiger partial charge in [-0.25, -0.2) is 4.39 Å². The molecule has 2 rings (SSSR count). The Balaban J connectivity index is 2.40. The number of phenols is 1. The van der Waals surface area contributed by atoms with Crippen LogP contribution in [0.25, 0.3) is 0 Å². The summed E-state index contributed by atoms with van der Waals surface area (Å²) in [7, 11) is 1.50. The normalized spacial score (nSPS) is 10.3. The van der Waals surface area contributed by atoms with E-state index in [1.54, 1.807) is 31.2 Å². The van der Waals surface area contributed by atoms with Gasteiger partial charge in [0, 0.05) is 18.2 Å². The lowest BCUT2D eigenvalue weighted by molar-refractivity contribution is 0.0991. The zero-order valence-electron chi connectivity index (χ0n) is 10.7. The van der Waals surface area contributed by atoms with Crippen molar-refractivity contribution in [3.05, 3.63) is 59.4 Å². The average molecular weight is 259 g/mol.